The van der Waals surface area contributed by atoms with Crippen LogP contribution in [0.5, 0.6) is 11.5 Å². The molecule has 3 aromatic rings. The van der Waals surface area contributed by atoms with Crippen molar-refractivity contribution in [2.45, 2.75) is 6.92 Å². The Morgan fingerprint density at radius 2 is 2.19 bits per heavy atom. The molecule has 0 bridgehead atoms. The number of H-pyrrole nitrogens is 1. The van der Waals surface area contributed by atoms with Crippen molar-refractivity contribution in [3.8, 4) is 29.9 Å². The Balaban J connectivity index is 2.03. The average molecular weight is 378 g/mol. The molecule has 0 fully saturated rings. The number of hydrogen-bond acceptors (Lipinski definition) is 4. The molecule has 0 amide bonds. The number of aromatic nitrogens is 2. The number of rotatable bonds is 5. The second kappa shape index (κ2) is 7.86. The predicted octanol–water partition coefficient (Wildman–Crippen LogP) is 4.61. The largest absolute Gasteiger partial charge is 0.493 e. The third-order valence-electron chi connectivity index (χ3n) is 3.88. The van der Waals surface area contributed by atoms with Crippen molar-refractivity contribution in [2.75, 3.05) is 13.7 Å². The van der Waals surface area contributed by atoms with E-state index in [1.165, 1.54) is 7.11 Å². The highest BCUT2D eigenvalue weighted by atomic mass is 35.5. The van der Waals surface area contributed by atoms with Gasteiger partial charge in [0.25, 0.3) is 0 Å². The van der Waals surface area contributed by atoms with Gasteiger partial charge in [-0.3, -0.25) is 0 Å². The van der Waals surface area contributed by atoms with Gasteiger partial charge >= 0.3 is 0 Å². The summed E-state index contributed by atoms with van der Waals surface area (Å²) >= 11 is 6.29. The summed E-state index contributed by atoms with van der Waals surface area (Å²) < 4.78 is 10.8. The van der Waals surface area contributed by atoms with Crippen molar-refractivity contribution < 1.29 is 9.47 Å². The van der Waals surface area contributed by atoms with Crippen LogP contribution in [0.3, 0.4) is 0 Å². The van der Waals surface area contributed by atoms with E-state index in [4.69, 9.17) is 27.5 Å². The molecule has 27 heavy (non-hydrogen) atoms. The minimum absolute atomic E-state index is 0.0765. The van der Waals surface area contributed by atoms with Gasteiger partial charge in [-0.2, -0.15) is 5.26 Å². The van der Waals surface area contributed by atoms with E-state index in [0.717, 1.165) is 16.6 Å². The van der Waals surface area contributed by atoms with Gasteiger partial charge in [0.2, 0.25) is 0 Å². The highest BCUT2D eigenvalue weighted by Crippen LogP contribution is 2.37. The summed E-state index contributed by atoms with van der Waals surface area (Å²) in [5.41, 5.74) is 3.84. The molecule has 0 saturated heterocycles. The first-order valence-corrected chi connectivity index (χ1v) is 8.46. The Kier molecular flexibility index (Phi) is 5.35. The third kappa shape index (κ3) is 3.89. The standard InChI is InChI=1S/C21H16ClN3O2/c1-4-7-27-20-16(22)10-14(11-19(20)26-3)9-15(12-23)21-24-17-6-5-13(2)8-18(17)25-21/h1,5-6,8-11H,7H2,2-3H3,(H,24,25)/b15-9-. The molecule has 134 valence electrons. The number of benzene rings is 2. The molecule has 0 aliphatic carbocycles. The maximum atomic E-state index is 9.60. The number of imidazole rings is 1. The Morgan fingerprint density at radius 3 is 2.89 bits per heavy atom. The van der Waals surface area contributed by atoms with Gasteiger partial charge in [-0.25, -0.2) is 4.98 Å². The fourth-order valence-corrected chi connectivity index (χ4v) is 2.92. The summed E-state index contributed by atoms with van der Waals surface area (Å²) in [4.78, 5) is 7.66. The zero-order chi connectivity index (χ0) is 19.4. The van der Waals surface area contributed by atoms with Crippen molar-refractivity contribution in [2.24, 2.45) is 0 Å². The number of methoxy groups -OCH3 is 1. The molecule has 0 spiro atoms. The van der Waals surface area contributed by atoms with Crippen molar-refractivity contribution in [1.82, 2.24) is 9.97 Å². The van der Waals surface area contributed by atoms with Gasteiger partial charge in [0.1, 0.15) is 18.5 Å². The van der Waals surface area contributed by atoms with E-state index >= 15 is 0 Å². The van der Waals surface area contributed by atoms with Crippen LogP contribution in [-0.2, 0) is 0 Å². The molecule has 0 radical (unpaired) electrons. The zero-order valence-corrected chi connectivity index (χ0v) is 15.6. The number of nitrogens with one attached hydrogen (secondary N) is 1. The lowest BCUT2D eigenvalue weighted by molar-refractivity contribution is 0.331. The van der Waals surface area contributed by atoms with E-state index in [-0.39, 0.29) is 6.61 Å². The number of aromatic amines is 1. The van der Waals surface area contributed by atoms with E-state index in [9.17, 15) is 5.26 Å². The Hall–Kier alpha value is -3.41. The van der Waals surface area contributed by atoms with Crippen LogP contribution in [0.25, 0.3) is 22.7 Å². The molecule has 5 nitrogen and oxygen atoms in total. The Bertz CT molecular complexity index is 1120. The number of halogens is 1. The molecule has 3 rings (SSSR count). The topological polar surface area (TPSA) is 70.9 Å². The number of terminal acetylenes is 1. The number of aryl methyl sites for hydroxylation is 1. The number of ether oxygens (including phenoxy) is 2. The predicted molar refractivity (Wildman–Crippen MR) is 107 cm³/mol. The van der Waals surface area contributed by atoms with Crippen LogP contribution < -0.4 is 9.47 Å². The molecule has 6 heteroatoms. The molecule has 0 atom stereocenters. The lowest BCUT2D eigenvalue weighted by Gasteiger charge is -2.11. The monoisotopic (exact) mass is 377 g/mol. The molecule has 1 heterocycles. The number of hydrogen-bond donors (Lipinski definition) is 1. The summed E-state index contributed by atoms with van der Waals surface area (Å²) in [6.07, 6.45) is 6.91. The second-order valence-corrected chi connectivity index (χ2v) is 6.21. The molecule has 0 saturated carbocycles. The van der Waals surface area contributed by atoms with E-state index in [2.05, 4.69) is 22.0 Å². The van der Waals surface area contributed by atoms with Crippen LogP contribution in [0.4, 0.5) is 0 Å². The van der Waals surface area contributed by atoms with Gasteiger partial charge in [-0.05, 0) is 48.4 Å². The molecular formula is C21H16ClN3O2. The minimum Gasteiger partial charge on any atom is -0.493 e. The SMILES string of the molecule is C#CCOc1c(Cl)cc(/C=C(/C#N)c2nc3ccc(C)cc3[nH]2)cc1OC. The molecule has 0 unspecified atom stereocenters. The van der Waals surface area contributed by atoms with Crippen LogP contribution >= 0.6 is 11.6 Å². The van der Waals surface area contributed by atoms with Crippen LogP contribution in [0, 0.1) is 30.6 Å². The molecule has 1 aromatic heterocycles. The first-order valence-electron chi connectivity index (χ1n) is 8.08. The Morgan fingerprint density at radius 1 is 1.37 bits per heavy atom. The second-order valence-electron chi connectivity index (χ2n) is 5.80. The van der Waals surface area contributed by atoms with E-state index < -0.39 is 0 Å². The van der Waals surface area contributed by atoms with Crippen LogP contribution in [0.2, 0.25) is 5.02 Å². The van der Waals surface area contributed by atoms with Crippen LogP contribution in [0.15, 0.2) is 30.3 Å². The normalized spacial score (nSPS) is 11.1. The van der Waals surface area contributed by atoms with Crippen molar-refractivity contribution >= 4 is 34.3 Å². The summed E-state index contributed by atoms with van der Waals surface area (Å²) in [5.74, 6) is 3.67. The highest BCUT2D eigenvalue weighted by Gasteiger charge is 2.13. The average Bonchev–Trinajstić information content (AvgIpc) is 3.07. The molecule has 0 aliphatic heterocycles. The van der Waals surface area contributed by atoms with Crippen LogP contribution in [-0.4, -0.2) is 23.7 Å². The summed E-state index contributed by atoms with van der Waals surface area (Å²) in [7, 11) is 1.51. The molecule has 1 N–H and O–H groups in total. The van der Waals surface area contributed by atoms with Crippen molar-refractivity contribution in [1.29, 1.82) is 5.26 Å². The minimum atomic E-state index is 0.0765. The first-order chi connectivity index (χ1) is 13.0. The molecular weight excluding hydrogens is 362 g/mol. The van der Waals surface area contributed by atoms with E-state index in [1.807, 2.05) is 25.1 Å². The maximum absolute atomic E-state index is 9.60. The fraction of sp³-hybridized carbons (Fsp3) is 0.143. The zero-order valence-electron chi connectivity index (χ0n) is 14.8. The van der Waals surface area contributed by atoms with Gasteiger partial charge in [0.15, 0.2) is 11.5 Å². The quantitative estimate of drug-likeness (QED) is 0.520. The highest BCUT2D eigenvalue weighted by molar-refractivity contribution is 6.32. The first kappa shape index (κ1) is 18.4. The Labute approximate surface area is 162 Å². The maximum Gasteiger partial charge on any atom is 0.181 e. The van der Waals surface area contributed by atoms with Gasteiger partial charge in [0.05, 0.1) is 28.7 Å². The lowest BCUT2D eigenvalue weighted by Crippen LogP contribution is -1.98. The van der Waals surface area contributed by atoms with Gasteiger partial charge in [0, 0.05) is 0 Å². The number of nitrogens with zero attached hydrogens (tertiary/aromatic N) is 2. The summed E-state index contributed by atoms with van der Waals surface area (Å²) in [6, 6.07) is 11.5. The van der Waals surface area contributed by atoms with Crippen molar-refractivity contribution in [3.05, 3.63) is 52.3 Å². The van der Waals surface area contributed by atoms with Crippen LogP contribution in [0.1, 0.15) is 17.0 Å². The molecule has 2 aromatic carbocycles. The number of nitriles is 1. The number of fused-ring (bicyclic) bond motifs is 1. The molecule has 0 aliphatic rings. The summed E-state index contributed by atoms with van der Waals surface area (Å²) in [6.45, 7) is 2.08. The van der Waals surface area contributed by atoms with Crippen molar-refractivity contribution in [3.63, 3.8) is 0 Å². The lowest BCUT2D eigenvalue weighted by atomic mass is 10.1. The fourth-order valence-electron chi connectivity index (χ4n) is 2.65. The third-order valence-corrected chi connectivity index (χ3v) is 4.16. The van der Waals surface area contributed by atoms with E-state index in [0.29, 0.717) is 33.5 Å². The van der Waals surface area contributed by atoms with E-state index in [1.54, 1.807) is 18.2 Å². The summed E-state index contributed by atoms with van der Waals surface area (Å²) in [5, 5.41) is 9.94. The van der Waals surface area contributed by atoms with Gasteiger partial charge in [-0.15, -0.1) is 6.42 Å². The van der Waals surface area contributed by atoms with Gasteiger partial charge in [-0.1, -0.05) is 23.6 Å². The smallest absolute Gasteiger partial charge is 0.181 e. The van der Waals surface area contributed by atoms with Gasteiger partial charge < -0.3 is 14.5 Å². The number of allylic oxidation sites excluding steroid dienone is 1.